The number of hydrogen-bond acceptors (Lipinski definition) is 4. The highest BCUT2D eigenvalue weighted by atomic mass is 16.1. The third-order valence-corrected chi connectivity index (χ3v) is 6.44. The van der Waals surface area contributed by atoms with Gasteiger partial charge in [0, 0.05) is 58.6 Å². The zero-order valence-electron chi connectivity index (χ0n) is 17.6. The van der Waals surface area contributed by atoms with Gasteiger partial charge in [0.25, 0.3) is 0 Å². The molecule has 2 heterocycles. The van der Waals surface area contributed by atoms with Gasteiger partial charge in [-0.1, -0.05) is 19.9 Å². The van der Waals surface area contributed by atoms with E-state index in [-0.39, 0.29) is 5.78 Å². The lowest BCUT2D eigenvalue weighted by atomic mass is 10.0. The molecule has 0 bridgehead atoms. The summed E-state index contributed by atoms with van der Waals surface area (Å²) in [6.07, 6.45) is 3.14. The van der Waals surface area contributed by atoms with E-state index in [0.29, 0.717) is 6.42 Å². The van der Waals surface area contributed by atoms with Crippen molar-refractivity contribution in [3.05, 3.63) is 59.8 Å². The summed E-state index contributed by atoms with van der Waals surface area (Å²) in [5.41, 5.74) is 6.47. The molecule has 30 heavy (non-hydrogen) atoms. The fourth-order valence-corrected chi connectivity index (χ4v) is 4.79. The molecule has 0 fully saturated rings. The van der Waals surface area contributed by atoms with Crippen LogP contribution >= 0.6 is 0 Å². The minimum Gasteiger partial charge on any atom is -0.339 e. The van der Waals surface area contributed by atoms with Crippen LogP contribution in [0, 0.1) is 0 Å². The maximum atomic E-state index is 12.4. The van der Waals surface area contributed by atoms with Crippen LogP contribution in [-0.2, 0) is 13.0 Å². The molecule has 0 unspecified atom stereocenters. The third-order valence-electron chi connectivity index (χ3n) is 6.44. The summed E-state index contributed by atoms with van der Waals surface area (Å²) in [6.45, 7) is 8.46. The van der Waals surface area contributed by atoms with Gasteiger partial charge < -0.3 is 9.47 Å². The van der Waals surface area contributed by atoms with Gasteiger partial charge in [0.15, 0.2) is 5.78 Å². The first-order valence-corrected chi connectivity index (χ1v) is 10.8. The highest BCUT2D eigenvalue weighted by Gasteiger charge is 2.25. The van der Waals surface area contributed by atoms with E-state index in [0.717, 1.165) is 49.4 Å². The second-order valence-corrected chi connectivity index (χ2v) is 7.93. The lowest BCUT2D eigenvalue weighted by Crippen LogP contribution is -2.26. The summed E-state index contributed by atoms with van der Waals surface area (Å²) in [6, 6.07) is 14.6. The number of nitrogens with zero attached hydrogens (tertiary/aromatic N) is 4. The average Bonchev–Trinajstić information content (AvgIpc) is 3.32. The van der Waals surface area contributed by atoms with Crippen LogP contribution in [0.1, 0.15) is 36.2 Å². The summed E-state index contributed by atoms with van der Waals surface area (Å²) >= 11 is 0. The van der Waals surface area contributed by atoms with Crippen LogP contribution in [0.2, 0.25) is 0 Å². The summed E-state index contributed by atoms with van der Waals surface area (Å²) in [4.78, 5) is 14.8. The number of fused-ring (bicyclic) bond motifs is 5. The molecule has 1 aliphatic carbocycles. The zero-order valence-corrected chi connectivity index (χ0v) is 17.6. The normalized spacial score (nSPS) is 13.6. The average molecular weight is 399 g/mol. The Morgan fingerprint density at radius 3 is 2.63 bits per heavy atom. The number of benzene rings is 2. The monoisotopic (exact) mass is 398 g/mol. The molecule has 0 saturated carbocycles. The van der Waals surface area contributed by atoms with Crippen molar-refractivity contribution in [2.75, 3.05) is 19.6 Å². The topological polar surface area (TPSA) is 51.0 Å². The van der Waals surface area contributed by atoms with Crippen LogP contribution in [0.5, 0.6) is 0 Å². The molecule has 5 nitrogen and oxygen atoms in total. The lowest BCUT2D eigenvalue weighted by Gasteiger charge is -2.19. The van der Waals surface area contributed by atoms with Gasteiger partial charge in [0.05, 0.1) is 5.69 Å². The number of carbonyl (C=O) groups is 1. The number of rotatable bonds is 6. The number of ketones is 1. The molecule has 0 atom stereocenters. The van der Waals surface area contributed by atoms with Crippen molar-refractivity contribution in [1.29, 1.82) is 0 Å². The highest BCUT2D eigenvalue weighted by molar-refractivity contribution is 6.15. The van der Waals surface area contributed by atoms with Gasteiger partial charge in [-0.25, -0.2) is 0 Å². The van der Waals surface area contributed by atoms with E-state index in [9.17, 15) is 4.79 Å². The Bertz CT molecular complexity index is 1240. The summed E-state index contributed by atoms with van der Waals surface area (Å²) in [5.74, 6) is 0.265. The molecule has 0 aliphatic heterocycles. The van der Waals surface area contributed by atoms with Gasteiger partial charge in [-0.15, -0.1) is 0 Å². The quantitative estimate of drug-likeness (QED) is 0.471. The molecule has 1 aliphatic rings. The molecule has 152 valence electrons. The molecule has 5 heteroatoms. The Morgan fingerprint density at radius 1 is 1.03 bits per heavy atom. The maximum Gasteiger partial charge on any atom is 0.163 e. The van der Waals surface area contributed by atoms with Crippen LogP contribution in [-0.4, -0.2) is 45.1 Å². The number of carbonyl (C=O) groups excluding carboxylic acids is 1. The van der Waals surface area contributed by atoms with Gasteiger partial charge >= 0.3 is 0 Å². The Kier molecular flexibility index (Phi) is 4.83. The Hall–Kier alpha value is -3.05. The van der Waals surface area contributed by atoms with E-state index >= 15 is 0 Å². The SMILES string of the molecule is CCN(CC)CCn1c2ccc(-c3cccnn3)cc2c2c3c(ccc21)C(=O)CC3. The van der Waals surface area contributed by atoms with Crippen LogP contribution < -0.4 is 0 Å². The molecule has 5 rings (SSSR count). The van der Waals surface area contributed by atoms with E-state index < -0.39 is 0 Å². The molecule has 0 amide bonds. The first-order chi connectivity index (χ1) is 14.7. The first-order valence-electron chi connectivity index (χ1n) is 10.8. The van der Waals surface area contributed by atoms with Crippen molar-refractivity contribution in [2.24, 2.45) is 0 Å². The predicted molar refractivity (Wildman–Crippen MR) is 121 cm³/mol. The fourth-order valence-electron chi connectivity index (χ4n) is 4.79. The van der Waals surface area contributed by atoms with Crippen LogP contribution in [0.15, 0.2) is 48.7 Å². The van der Waals surface area contributed by atoms with Gasteiger partial charge in [0.2, 0.25) is 0 Å². The Balaban J connectivity index is 1.73. The Morgan fingerprint density at radius 2 is 1.87 bits per heavy atom. The van der Waals surface area contributed by atoms with Crippen molar-refractivity contribution >= 4 is 27.6 Å². The first kappa shape index (κ1) is 18.9. The van der Waals surface area contributed by atoms with Crippen molar-refractivity contribution < 1.29 is 4.79 Å². The van der Waals surface area contributed by atoms with Crippen molar-refractivity contribution in [3.8, 4) is 11.3 Å². The van der Waals surface area contributed by atoms with Crippen molar-refractivity contribution in [3.63, 3.8) is 0 Å². The zero-order chi connectivity index (χ0) is 20.7. The second-order valence-electron chi connectivity index (χ2n) is 7.93. The smallest absolute Gasteiger partial charge is 0.163 e. The molecule has 2 aromatic heterocycles. The van der Waals surface area contributed by atoms with E-state index in [1.807, 2.05) is 18.2 Å². The standard InChI is InChI=1S/C25H26N4O/c1-3-28(4-2)14-15-29-22-10-7-17(21-6-5-13-26-27-21)16-20(22)25-19-9-12-24(30)18(19)8-11-23(25)29/h5-8,10-11,13,16H,3-4,9,12,14-15H2,1-2H3. The summed E-state index contributed by atoms with van der Waals surface area (Å²) < 4.78 is 2.42. The van der Waals surface area contributed by atoms with Gasteiger partial charge in [-0.05, 0) is 61.5 Å². The molecule has 0 N–H and O–H groups in total. The highest BCUT2D eigenvalue weighted by Crippen LogP contribution is 2.38. The molecule has 0 spiro atoms. The van der Waals surface area contributed by atoms with Gasteiger partial charge in [-0.3, -0.25) is 4.79 Å². The number of hydrogen-bond donors (Lipinski definition) is 0. The molecular weight excluding hydrogens is 372 g/mol. The van der Waals surface area contributed by atoms with E-state index in [1.54, 1.807) is 6.20 Å². The molecule has 0 radical (unpaired) electrons. The number of likely N-dealkylation sites (N-methyl/N-ethyl adjacent to an activating group) is 1. The summed E-state index contributed by atoms with van der Waals surface area (Å²) in [7, 11) is 0. The number of aryl methyl sites for hydroxylation is 1. The van der Waals surface area contributed by atoms with Crippen molar-refractivity contribution in [1.82, 2.24) is 19.7 Å². The second kappa shape index (κ2) is 7.65. The Labute approximate surface area is 176 Å². The predicted octanol–water partition coefficient (Wildman–Crippen LogP) is 4.72. The fraction of sp³-hybridized carbons (Fsp3) is 0.320. The van der Waals surface area contributed by atoms with Crippen LogP contribution in [0.4, 0.5) is 0 Å². The van der Waals surface area contributed by atoms with Gasteiger partial charge in [-0.2, -0.15) is 10.2 Å². The number of aromatic nitrogens is 3. The van der Waals surface area contributed by atoms with Crippen LogP contribution in [0.25, 0.3) is 33.1 Å². The van der Waals surface area contributed by atoms with E-state index in [1.165, 1.54) is 27.4 Å². The lowest BCUT2D eigenvalue weighted by molar-refractivity contribution is 0.0994. The summed E-state index contributed by atoms with van der Waals surface area (Å²) in [5, 5.41) is 10.8. The largest absolute Gasteiger partial charge is 0.339 e. The molecule has 4 aromatic rings. The van der Waals surface area contributed by atoms with Crippen molar-refractivity contribution in [2.45, 2.75) is 33.2 Å². The minimum absolute atomic E-state index is 0.265. The van der Waals surface area contributed by atoms with Crippen LogP contribution in [0.3, 0.4) is 0 Å². The van der Waals surface area contributed by atoms with E-state index in [4.69, 9.17) is 0 Å². The van der Waals surface area contributed by atoms with Gasteiger partial charge in [0.1, 0.15) is 0 Å². The molecule has 2 aromatic carbocycles. The minimum atomic E-state index is 0.265. The van der Waals surface area contributed by atoms with E-state index in [2.05, 4.69) is 57.8 Å². The maximum absolute atomic E-state index is 12.4. The number of Topliss-reactive ketones (excluding diaryl/α,β-unsaturated/α-hetero) is 1. The third kappa shape index (κ3) is 3.01. The molecule has 0 saturated heterocycles. The molecular formula is C25H26N4O.